The minimum absolute atomic E-state index is 0. The van der Waals surface area contributed by atoms with Crippen LogP contribution in [0.15, 0.2) is 4.99 Å². The lowest BCUT2D eigenvalue weighted by Gasteiger charge is -2.28. The average molecular weight is 470 g/mol. The van der Waals surface area contributed by atoms with Crippen LogP contribution in [0.5, 0.6) is 0 Å². The molecule has 0 aromatic heterocycles. The van der Waals surface area contributed by atoms with Crippen LogP contribution in [0, 0.1) is 5.92 Å². The number of hydrogen-bond acceptors (Lipinski definition) is 4. The zero-order valence-electron chi connectivity index (χ0n) is 16.5. The summed E-state index contributed by atoms with van der Waals surface area (Å²) in [7, 11) is 3.80. The van der Waals surface area contributed by atoms with Gasteiger partial charge in [-0.15, -0.1) is 24.0 Å². The molecule has 0 aliphatic carbocycles. The molecule has 0 aromatic rings. The van der Waals surface area contributed by atoms with Gasteiger partial charge in [0, 0.05) is 52.8 Å². The predicted octanol–water partition coefficient (Wildman–Crippen LogP) is 2.41. The second-order valence-corrected chi connectivity index (χ2v) is 7.14. The minimum atomic E-state index is -0.475. The van der Waals surface area contributed by atoms with Gasteiger partial charge in [-0.2, -0.15) is 0 Å². The van der Waals surface area contributed by atoms with Crippen molar-refractivity contribution in [2.45, 2.75) is 39.7 Å². The third-order valence-corrected chi connectivity index (χ3v) is 3.83. The number of nitrogens with one attached hydrogen (secondary N) is 1. The van der Waals surface area contributed by atoms with E-state index in [-0.39, 0.29) is 30.1 Å². The number of rotatable bonds is 6. The Balaban J connectivity index is 0.00000576. The van der Waals surface area contributed by atoms with Gasteiger partial charge in [-0.25, -0.2) is 4.79 Å². The van der Waals surface area contributed by atoms with Crippen LogP contribution in [0.4, 0.5) is 4.79 Å². The van der Waals surface area contributed by atoms with E-state index >= 15 is 0 Å². The van der Waals surface area contributed by atoms with Gasteiger partial charge in [0.25, 0.3) is 0 Å². The van der Waals surface area contributed by atoms with E-state index in [4.69, 9.17) is 9.47 Å². The van der Waals surface area contributed by atoms with Crippen LogP contribution in [-0.4, -0.2) is 80.9 Å². The smallest absolute Gasteiger partial charge is 0.410 e. The Kier molecular flexibility index (Phi) is 11.4. The molecule has 0 radical (unpaired) electrons. The Morgan fingerprint density at radius 1 is 1.40 bits per heavy atom. The molecule has 0 saturated carbocycles. The number of halogens is 1. The van der Waals surface area contributed by atoms with Gasteiger partial charge in [0.2, 0.25) is 0 Å². The number of aliphatic imine (C=N–C) groups is 1. The molecule has 148 valence electrons. The van der Waals surface area contributed by atoms with Crippen molar-refractivity contribution in [3.8, 4) is 0 Å². The van der Waals surface area contributed by atoms with Gasteiger partial charge in [0.15, 0.2) is 5.96 Å². The van der Waals surface area contributed by atoms with E-state index in [0.717, 1.165) is 32.1 Å². The molecule has 1 N–H and O–H groups in total. The van der Waals surface area contributed by atoms with Gasteiger partial charge in [-0.1, -0.05) is 0 Å². The van der Waals surface area contributed by atoms with E-state index in [1.807, 2.05) is 34.7 Å². The number of carbonyl (C=O) groups is 1. The maximum absolute atomic E-state index is 12.1. The number of carbonyl (C=O) groups excluding carboxylic acids is 1. The normalized spacial score (nSPS) is 17.7. The van der Waals surface area contributed by atoms with Crippen LogP contribution < -0.4 is 5.32 Å². The van der Waals surface area contributed by atoms with Crippen LogP contribution in [0.2, 0.25) is 0 Å². The topological polar surface area (TPSA) is 66.4 Å². The Hall–Kier alpha value is -0.770. The van der Waals surface area contributed by atoms with Gasteiger partial charge in [-0.3, -0.25) is 4.99 Å². The summed E-state index contributed by atoms with van der Waals surface area (Å²) in [5.41, 5.74) is -0.475. The van der Waals surface area contributed by atoms with Crippen molar-refractivity contribution in [2.24, 2.45) is 10.9 Å². The van der Waals surface area contributed by atoms with E-state index in [1.54, 1.807) is 11.9 Å². The first kappa shape index (κ1) is 24.2. The molecular weight excluding hydrogens is 435 g/mol. The summed E-state index contributed by atoms with van der Waals surface area (Å²) in [6, 6.07) is 0. The number of amides is 1. The minimum Gasteiger partial charge on any atom is -0.444 e. The van der Waals surface area contributed by atoms with E-state index in [9.17, 15) is 4.79 Å². The van der Waals surface area contributed by atoms with Gasteiger partial charge in [-0.05, 0) is 34.1 Å². The van der Waals surface area contributed by atoms with Crippen molar-refractivity contribution in [3.63, 3.8) is 0 Å². The number of hydrogen-bond donors (Lipinski definition) is 1. The molecule has 0 spiro atoms. The third-order valence-electron chi connectivity index (χ3n) is 3.83. The van der Waals surface area contributed by atoms with Crippen molar-refractivity contribution in [1.82, 2.24) is 15.1 Å². The lowest BCUT2D eigenvalue weighted by Crippen LogP contribution is -2.45. The molecule has 1 heterocycles. The van der Waals surface area contributed by atoms with E-state index in [2.05, 4.69) is 15.2 Å². The van der Waals surface area contributed by atoms with Crippen molar-refractivity contribution in [3.05, 3.63) is 0 Å². The highest BCUT2D eigenvalue weighted by molar-refractivity contribution is 14.0. The van der Waals surface area contributed by atoms with Crippen molar-refractivity contribution in [1.29, 1.82) is 0 Å². The molecule has 1 unspecified atom stereocenters. The molecule has 25 heavy (non-hydrogen) atoms. The molecule has 1 aliphatic heterocycles. The molecule has 1 amide bonds. The Morgan fingerprint density at radius 3 is 2.56 bits per heavy atom. The van der Waals surface area contributed by atoms with Gasteiger partial charge >= 0.3 is 6.09 Å². The van der Waals surface area contributed by atoms with Gasteiger partial charge < -0.3 is 24.6 Å². The van der Waals surface area contributed by atoms with E-state index in [0.29, 0.717) is 25.6 Å². The number of likely N-dealkylation sites (N-methyl/N-ethyl adjacent to an activating group) is 1. The summed E-state index contributed by atoms with van der Waals surface area (Å²) in [6.07, 6.45) is 0.821. The van der Waals surface area contributed by atoms with Crippen LogP contribution in [0.25, 0.3) is 0 Å². The molecular formula is C17H35IN4O3. The number of nitrogens with zero attached hydrogens (tertiary/aromatic N) is 3. The maximum atomic E-state index is 12.1. The number of ether oxygens (including phenoxy) is 2. The van der Waals surface area contributed by atoms with Crippen LogP contribution in [0.1, 0.15) is 34.1 Å². The summed E-state index contributed by atoms with van der Waals surface area (Å²) in [4.78, 5) is 20.2. The fraction of sp³-hybridized carbons (Fsp3) is 0.882. The fourth-order valence-corrected chi connectivity index (χ4v) is 2.59. The molecule has 8 heteroatoms. The van der Waals surface area contributed by atoms with Crippen molar-refractivity contribution < 1.29 is 14.3 Å². The van der Waals surface area contributed by atoms with Crippen LogP contribution in [-0.2, 0) is 9.47 Å². The summed E-state index contributed by atoms with van der Waals surface area (Å²) in [5.74, 6) is 1.39. The molecule has 1 rings (SSSR count). The molecule has 1 saturated heterocycles. The molecule has 1 fully saturated rings. The Morgan fingerprint density at radius 2 is 2.08 bits per heavy atom. The monoisotopic (exact) mass is 470 g/mol. The average Bonchev–Trinajstić information content (AvgIpc) is 2.98. The third kappa shape index (κ3) is 9.48. The first-order chi connectivity index (χ1) is 11.3. The first-order valence-electron chi connectivity index (χ1n) is 8.74. The Bertz CT molecular complexity index is 421. The second kappa shape index (κ2) is 11.8. The summed E-state index contributed by atoms with van der Waals surface area (Å²) in [6.45, 7) is 12.0. The SMILES string of the molecule is CCN(CCNC(=NC)N(C)CC1CCOC1)C(=O)OC(C)(C)C.I. The largest absolute Gasteiger partial charge is 0.444 e. The Labute approximate surface area is 169 Å². The molecule has 0 aromatic carbocycles. The quantitative estimate of drug-likeness (QED) is 0.367. The predicted molar refractivity (Wildman–Crippen MR) is 112 cm³/mol. The molecule has 0 bridgehead atoms. The molecule has 7 nitrogen and oxygen atoms in total. The van der Waals surface area contributed by atoms with E-state index in [1.165, 1.54) is 0 Å². The first-order valence-corrected chi connectivity index (χ1v) is 8.74. The zero-order valence-corrected chi connectivity index (χ0v) is 18.8. The van der Waals surface area contributed by atoms with E-state index < -0.39 is 5.60 Å². The highest BCUT2D eigenvalue weighted by Crippen LogP contribution is 2.13. The molecule has 1 atom stereocenters. The summed E-state index contributed by atoms with van der Waals surface area (Å²) < 4.78 is 10.8. The van der Waals surface area contributed by atoms with Gasteiger partial charge in [0.1, 0.15) is 5.60 Å². The van der Waals surface area contributed by atoms with Crippen molar-refractivity contribution >= 4 is 36.0 Å². The zero-order chi connectivity index (χ0) is 18.2. The number of guanidine groups is 1. The summed E-state index contributed by atoms with van der Waals surface area (Å²) >= 11 is 0. The van der Waals surface area contributed by atoms with Crippen LogP contribution >= 0.6 is 24.0 Å². The maximum Gasteiger partial charge on any atom is 0.410 e. The fourth-order valence-electron chi connectivity index (χ4n) is 2.59. The second-order valence-electron chi connectivity index (χ2n) is 7.14. The highest BCUT2D eigenvalue weighted by Gasteiger charge is 2.21. The lowest BCUT2D eigenvalue weighted by molar-refractivity contribution is 0.0263. The standard InChI is InChI=1S/C17H34N4O3.HI/c1-7-21(16(22)24-17(2,3)4)10-9-19-15(18-5)20(6)12-14-8-11-23-13-14;/h14H,7-13H2,1-6H3,(H,18,19);1H. The highest BCUT2D eigenvalue weighted by atomic mass is 127. The molecule has 1 aliphatic rings. The van der Waals surface area contributed by atoms with Gasteiger partial charge in [0.05, 0.1) is 6.61 Å². The van der Waals surface area contributed by atoms with Crippen LogP contribution in [0.3, 0.4) is 0 Å². The summed E-state index contributed by atoms with van der Waals surface area (Å²) in [5, 5.41) is 3.31. The lowest BCUT2D eigenvalue weighted by atomic mass is 10.1. The van der Waals surface area contributed by atoms with Crippen molar-refractivity contribution in [2.75, 3.05) is 53.5 Å².